The number of methoxy groups -OCH3 is 2. The minimum Gasteiger partial charge on any atom is -0.493 e. The lowest BCUT2D eigenvalue weighted by Crippen LogP contribution is -2.16. The topological polar surface area (TPSA) is 69.4 Å². The normalized spacial score (nSPS) is 10.6. The maximum Gasteiger partial charge on any atom is 0.227 e. The van der Waals surface area contributed by atoms with Crippen molar-refractivity contribution in [3.05, 3.63) is 35.5 Å². The summed E-state index contributed by atoms with van der Waals surface area (Å²) in [5, 5.41) is 7.08. The van der Waals surface area contributed by atoms with Gasteiger partial charge in [0.25, 0.3) is 0 Å². The monoisotopic (exact) mass is 277 g/mol. The van der Waals surface area contributed by atoms with E-state index < -0.39 is 0 Å². The van der Waals surface area contributed by atoms with Gasteiger partial charge in [-0.3, -0.25) is 0 Å². The molecule has 20 heavy (non-hydrogen) atoms. The van der Waals surface area contributed by atoms with Crippen LogP contribution < -0.4 is 14.8 Å². The Kier molecular flexibility index (Phi) is 4.95. The van der Waals surface area contributed by atoms with Crippen LogP contribution in [0.4, 0.5) is 0 Å². The van der Waals surface area contributed by atoms with E-state index in [1.807, 2.05) is 25.1 Å². The predicted molar refractivity (Wildman–Crippen MR) is 74.0 cm³/mol. The van der Waals surface area contributed by atoms with E-state index in [-0.39, 0.29) is 0 Å². The van der Waals surface area contributed by atoms with Gasteiger partial charge in [0, 0.05) is 19.5 Å². The Hall–Kier alpha value is -2.08. The Morgan fingerprint density at radius 3 is 2.65 bits per heavy atom. The van der Waals surface area contributed by atoms with Crippen molar-refractivity contribution in [2.75, 3.05) is 20.8 Å². The van der Waals surface area contributed by atoms with E-state index in [4.69, 9.17) is 14.0 Å². The van der Waals surface area contributed by atoms with E-state index in [1.54, 1.807) is 14.2 Å². The Balaban J connectivity index is 1.82. The Morgan fingerprint density at radius 1 is 1.20 bits per heavy atom. The fraction of sp³-hybridized carbons (Fsp3) is 0.429. The average Bonchev–Trinajstić information content (AvgIpc) is 2.89. The van der Waals surface area contributed by atoms with Crippen LogP contribution in [0.2, 0.25) is 0 Å². The molecule has 6 heteroatoms. The summed E-state index contributed by atoms with van der Waals surface area (Å²) in [5.41, 5.74) is 1.13. The Labute approximate surface area is 118 Å². The summed E-state index contributed by atoms with van der Waals surface area (Å²) in [6, 6.07) is 5.87. The third-order valence-corrected chi connectivity index (χ3v) is 2.86. The molecule has 1 N–H and O–H groups in total. The number of hydrogen-bond donors (Lipinski definition) is 1. The third-order valence-electron chi connectivity index (χ3n) is 2.86. The first kappa shape index (κ1) is 14.3. The molecule has 0 aliphatic heterocycles. The number of rotatable bonds is 7. The zero-order chi connectivity index (χ0) is 14.4. The molecule has 2 rings (SSSR count). The highest BCUT2D eigenvalue weighted by Gasteiger charge is 2.05. The lowest BCUT2D eigenvalue weighted by atomic mass is 10.2. The molecule has 0 radical (unpaired) electrons. The molecule has 0 aliphatic carbocycles. The second kappa shape index (κ2) is 6.91. The maximum absolute atomic E-state index is 5.27. The van der Waals surface area contributed by atoms with Gasteiger partial charge in [0.15, 0.2) is 17.3 Å². The summed E-state index contributed by atoms with van der Waals surface area (Å²) < 4.78 is 15.5. The van der Waals surface area contributed by atoms with Crippen LogP contribution in [-0.4, -0.2) is 30.9 Å². The van der Waals surface area contributed by atoms with Crippen molar-refractivity contribution in [3.63, 3.8) is 0 Å². The number of aryl methyl sites for hydroxylation is 1. The van der Waals surface area contributed by atoms with Gasteiger partial charge < -0.3 is 19.3 Å². The highest BCUT2D eigenvalue weighted by molar-refractivity contribution is 5.42. The Bertz CT molecular complexity index is 554. The van der Waals surface area contributed by atoms with E-state index in [1.165, 1.54) is 0 Å². The molecule has 0 spiro atoms. The van der Waals surface area contributed by atoms with Crippen LogP contribution in [0.25, 0.3) is 0 Å². The SMILES string of the molecule is COc1ccc(CNCCc2nc(C)no2)cc1OC. The van der Waals surface area contributed by atoms with Crippen LogP contribution in [-0.2, 0) is 13.0 Å². The largest absolute Gasteiger partial charge is 0.493 e. The van der Waals surface area contributed by atoms with Crippen LogP contribution in [0.15, 0.2) is 22.7 Å². The zero-order valence-electron chi connectivity index (χ0n) is 12.0. The van der Waals surface area contributed by atoms with E-state index in [9.17, 15) is 0 Å². The molecule has 0 saturated carbocycles. The summed E-state index contributed by atoms with van der Waals surface area (Å²) in [6.45, 7) is 3.33. The van der Waals surface area contributed by atoms with Gasteiger partial charge in [-0.05, 0) is 24.6 Å². The third kappa shape index (κ3) is 3.71. The van der Waals surface area contributed by atoms with Crippen molar-refractivity contribution in [1.29, 1.82) is 0 Å². The first-order valence-electron chi connectivity index (χ1n) is 6.43. The second-order valence-electron chi connectivity index (χ2n) is 4.35. The molecule has 0 amide bonds. The molecule has 0 aliphatic rings. The van der Waals surface area contributed by atoms with Gasteiger partial charge in [-0.25, -0.2) is 0 Å². The van der Waals surface area contributed by atoms with Gasteiger partial charge in [0.2, 0.25) is 5.89 Å². The van der Waals surface area contributed by atoms with Gasteiger partial charge in [-0.1, -0.05) is 11.2 Å². The lowest BCUT2D eigenvalue weighted by Gasteiger charge is -2.10. The molecule has 1 heterocycles. The second-order valence-corrected chi connectivity index (χ2v) is 4.35. The summed E-state index contributed by atoms with van der Waals surface area (Å²) >= 11 is 0. The molecule has 1 aromatic heterocycles. The first-order valence-corrected chi connectivity index (χ1v) is 6.43. The van der Waals surface area contributed by atoms with Crippen molar-refractivity contribution in [2.45, 2.75) is 19.9 Å². The fourth-order valence-corrected chi connectivity index (χ4v) is 1.86. The maximum atomic E-state index is 5.27. The smallest absolute Gasteiger partial charge is 0.227 e. The van der Waals surface area contributed by atoms with Crippen molar-refractivity contribution in [3.8, 4) is 11.5 Å². The minimum atomic E-state index is 0.655. The zero-order valence-corrected chi connectivity index (χ0v) is 12.0. The summed E-state index contributed by atoms with van der Waals surface area (Å²) in [4.78, 5) is 4.15. The van der Waals surface area contributed by atoms with Crippen molar-refractivity contribution < 1.29 is 14.0 Å². The van der Waals surface area contributed by atoms with Gasteiger partial charge in [-0.2, -0.15) is 4.98 Å². The van der Waals surface area contributed by atoms with E-state index >= 15 is 0 Å². The summed E-state index contributed by atoms with van der Waals surface area (Å²) in [5.74, 6) is 2.79. The standard InChI is InChI=1S/C14H19N3O3/c1-10-16-14(20-17-10)6-7-15-9-11-4-5-12(18-2)13(8-11)19-3/h4-5,8,15H,6-7,9H2,1-3H3. The molecule has 0 atom stereocenters. The van der Waals surface area contributed by atoms with Gasteiger partial charge in [-0.15, -0.1) is 0 Å². The van der Waals surface area contributed by atoms with Gasteiger partial charge in [0.05, 0.1) is 14.2 Å². The Morgan fingerprint density at radius 2 is 2.00 bits per heavy atom. The minimum absolute atomic E-state index is 0.655. The lowest BCUT2D eigenvalue weighted by molar-refractivity contribution is 0.354. The van der Waals surface area contributed by atoms with Gasteiger partial charge >= 0.3 is 0 Å². The van der Waals surface area contributed by atoms with Crippen molar-refractivity contribution in [2.24, 2.45) is 0 Å². The molecule has 6 nitrogen and oxygen atoms in total. The highest BCUT2D eigenvalue weighted by atomic mass is 16.5. The number of benzene rings is 1. The molecular weight excluding hydrogens is 258 g/mol. The molecule has 0 bridgehead atoms. The molecule has 0 unspecified atom stereocenters. The summed E-state index contributed by atoms with van der Waals surface area (Å²) in [6.07, 6.45) is 0.716. The fourth-order valence-electron chi connectivity index (χ4n) is 1.86. The van der Waals surface area contributed by atoms with E-state index in [2.05, 4.69) is 15.5 Å². The number of nitrogens with zero attached hydrogens (tertiary/aromatic N) is 2. The van der Waals surface area contributed by atoms with E-state index in [0.717, 1.165) is 30.2 Å². The van der Waals surface area contributed by atoms with Crippen LogP contribution in [0.5, 0.6) is 11.5 Å². The molecular formula is C14H19N3O3. The van der Waals surface area contributed by atoms with Crippen molar-refractivity contribution >= 4 is 0 Å². The predicted octanol–water partition coefficient (Wildman–Crippen LogP) is 1.73. The van der Waals surface area contributed by atoms with Crippen LogP contribution in [0.3, 0.4) is 0 Å². The molecule has 0 fully saturated rings. The average molecular weight is 277 g/mol. The molecule has 2 aromatic rings. The molecule has 108 valence electrons. The highest BCUT2D eigenvalue weighted by Crippen LogP contribution is 2.27. The quantitative estimate of drug-likeness (QED) is 0.777. The number of nitrogens with one attached hydrogen (secondary N) is 1. The van der Waals surface area contributed by atoms with Crippen LogP contribution >= 0.6 is 0 Å². The van der Waals surface area contributed by atoms with Gasteiger partial charge in [0.1, 0.15) is 0 Å². The van der Waals surface area contributed by atoms with Crippen LogP contribution in [0.1, 0.15) is 17.3 Å². The van der Waals surface area contributed by atoms with Crippen LogP contribution in [0, 0.1) is 6.92 Å². The first-order chi connectivity index (χ1) is 9.72. The number of ether oxygens (including phenoxy) is 2. The molecule has 1 aromatic carbocycles. The summed E-state index contributed by atoms with van der Waals surface area (Å²) in [7, 11) is 3.26. The molecule has 0 saturated heterocycles. The number of hydrogen-bond acceptors (Lipinski definition) is 6. The number of aromatic nitrogens is 2. The van der Waals surface area contributed by atoms with Crippen molar-refractivity contribution in [1.82, 2.24) is 15.5 Å². The van der Waals surface area contributed by atoms with E-state index in [0.29, 0.717) is 18.1 Å².